The molecule has 0 atom stereocenters. The Bertz CT molecular complexity index is 847. The number of nitrogens with zero attached hydrogens (tertiary/aromatic N) is 2. The first-order valence-electron chi connectivity index (χ1n) is 9.27. The van der Waals surface area contributed by atoms with Crippen LogP contribution in [-0.4, -0.2) is 56.1 Å². The molecule has 1 aromatic carbocycles. The number of aryl methyl sites for hydroxylation is 1. The van der Waals surface area contributed by atoms with Crippen LogP contribution in [0.15, 0.2) is 30.3 Å². The van der Waals surface area contributed by atoms with Crippen molar-refractivity contribution in [3.63, 3.8) is 0 Å². The lowest BCUT2D eigenvalue weighted by molar-refractivity contribution is -0.117. The normalized spacial score (nSPS) is 14.8. The lowest BCUT2D eigenvalue weighted by atomic mass is 10.2. The molecule has 0 saturated carbocycles. The van der Waals surface area contributed by atoms with Crippen LogP contribution in [0, 0.1) is 6.92 Å². The number of carbonyl (C=O) groups is 2. The Hall–Kier alpha value is -2.09. The lowest BCUT2D eigenvalue weighted by Crippen LogP contribution is -2.48. The number of ether oxygens (including phenoxy) is 1. The Morgan fingerprint density at radius 3 is 2.61 bits per heavy atom. The third kappa shape index (κ3) is 5.04. The first-order chi connectivity index (χ1) is 13.5. The minimum absolute atomic E-state index is 0.0807. The SMILES string of the molecule is CCOC(=O)c1sc(NC(=O)CN2CCN(c3ccccc3Cl)CC2)cc1C. The molecule has 0 unspecified atom stereocenters. The lowest BCUT2D eigenvalue weighted by Gasteiger charge is -2.36. The largest absolute Gasteiger partial charge is 0.462 e. The Labute approximate surface area is 174 Å². The molecule has 1 aliphatic heterocycles. The molecular formula is C20H24ClN3O3S. The summed E-state index contributed by atoms with van der Waals surface area (Å²) in [5, 5.41) is 4.31. The fourth-order valence-corrected chi connectivity index (χ4v) is 4.42. The smallest absolute Gasteiger partial charge is 0.348 e. The van der Waals surface area contributed by atoms with Gasteiger partial charge in [-0.1, -0.05) is 23.7 Å². The van der Waals surface area contributed by atoms with Gasteiger partial charge in [-0.15, -0.1) is 11.3 Å². The van der Waals surface area contributed by atoms with Crippen molar-refractivity contribution in [1.29, 1.82) is 0 Å². The average Bonchev–Trinajstić information content (AvgIpc) is 3.03. The minimum atomic E-state index is -0.346. The highest BCUT2D eigenvalue weighted by Gasteiger charge is 2.21. The van der Waals surface area contributed by atoms with E-state index in [2.05, 4.69) is 15.1 Å². The standard InChI is InChI=1S/C20H24ClN3O3S/c1-3-27-20(26)19-14(2)12-18(28-19)22-17(25)13-23-8-10-24(11-9-23)16-7-5-4-6-15(16)21/h4-7,12H,3,8-11,13H2,1-2H3,(H,22,25). The van der Waals surface area contributed by atoms with Crippen LogP contribution in [0.1, 0.15) is 22.2 Å². The molecule has 3 rings (SSSR count). The molecule has 6 nitrogen and oxygen atoms in total. The fourth-order valence-electron chi connectivity index (χ4n) is 3.18. The summed E-state index contributed by atoms with van der Waals surface area (Å²) in [6.07, 6.45) is 0. The van der Waals surface area contributed by atoms with Crippen LogP contribution < -0.4 is 10.2 Å². The van der Waals surface area contributed by atoms with Crippen molar-refractivity contribution >= 4 is 45.5 Å². The van der Waals surface area contributed by atoms with Crippen molar-refractivity contribution in [3.8, 4) is 0 Å². The molecule has 2 aromatic rings. The molecule has 8 heteroatoms. The monoisotopic (exact) mass is 421 g/mol. The van der Waals surface area contributed by atoms with Gasteiger partial charge in [-0.3, -0.25) is 9.69 Å². The third-order valence-electron chi connectivity index (χ3n) is 4.57. The number of anilines is 2. The number of para-hydroxylation sites is 1. The molecular weight excluding hydrogens is 398 g/mol. The second-order valence-corrected chi connectivity index (χ2v) is 8.07. The Morgan fingerprint density at radius 1 is 1.21 bits per heavy atom. The summed E-state index contributed by atoms with van der Waals surface area (Å²) in [6, 6.07) is 9.63. The average molecular weight is 422 g/mol. The third-order valence-corrected chi connectivity index (χ3v) is 6.03. The van der Waals surface area contributed by atoms with Crippen LogP contribution in [0.4, 0.5) is 10.7 Å². The number of amides is 1. The number of rotatable bonds is 6. The topological polar surface area (TPSA) is 61.9 Å². The van der Waals surface area contributed by atoms with E-state index in [9.17, 15) is 9.59 Å². The van der Waals surface area contributed by atoms with Crippen LogP contribution in [0.2, 0.25) is 5.02 Å². The maximum Gasteiger partial charge on any atom is 0.348 e. The molecule has 1 aromatic heterocycles. The van der Waals surface area contributed by atoms with Gasteiger partial charge in [0.1, 0.15) is 4.88 Å². The van der Waals surface area contributed by atoms with Crippen molar-refractivity contribution in [1.82, 2.24) is 4.90 Å². The molecule has 0 bridgehead atoms. The summed E-state index contributed by atoms with van der Waals surface area (Å²) >= 11 is 7.52. The zero-order valence-electron chi connectivity index (χ0n) is 16.0. The highest BCUT2D eigenvalue weighted by Crippen LogP contribution is 2.28. The fraction of sp³-hybridized carbons (Fsp3) is 0.400. The van der Waals surface area contributed by atoms with E-state index in [-0.39, 0.29) is 11.9 Å². The van der Waals surface area contributed by atoms with Gasteiger partial charge in [0, 0.05) is 26.2 Å². The minimum Gasteiger partial charge on any atom is -0.462 e. The predicted octanol–water partition coefficient (Wildman–Crippen LogP) is 3.65. The molecule has 1 amide bonds. The number of nitrogens with one attached hydrogen (secondary N) is 1. The summed E-state index contributed by atoms with van der Waals surface area (Å²) in [7, 11) is 0. The molecule has 1 fully saturated rings. The van der Waals surface area contributed by atoms with Crippen molar-refractivity contribution in [3.05, 3.63) is 45.8 Å². The van der Waals surface area contributed by atoms with E-state index >= 15 is 0 Å². The van der Waals surface area contributed by atoms with Gasteiger partial charge in [0.25, 0.3) is 0 Å². The number of thiophene rings is 1. The molecule has 0 radical (unpaired) electrons. The Kier molecular flexibility index (Phi) is 6.93. The summed E-state index contributed by atoms with van der Waals surface area (Å²) < 4.78 is 5.04. The van der Waals surface area contributed by atoms with Gasteiger partial charge in [0.15, 0.2) is 0 Å². The van der Waals surface area contributed by atoms with Gasteiger partial charge in [-0.05, 0) is 37.6 Å². The first-order valence-corrected chi connectivity index (χ1v) is 10.5. The molecule has 28 heavy (non-hydrogen) atoms. The van der Waals surface area contributed by atoms with E-state index in [1.807, 2.05) is 37.3 Å². The van der Waals surface area contributed by atoms with Gasteiger partial charge in [-0.2, -0.15) is 0 Å². The highest BCUT2D eigenvalue weighted by molar-refractivity contribution is 7.18. The van der Waals surface area contributed by atoms with Crippen LogP contribution in [0.25, 0.3) is 0 Å². The predicted molar refractivity (Wildman–Crippen MR) is 114 cm³/mol. The van der Waals surface area contributed by atoms with Gasteiger partial charge < -0.3 is 15.0 Å². The molecule has 1 aliphatic rings. The second-order valence-electron chi connectivity index (χ2n) is 6.61. The number of benzene rings is 1. The van der Waals surface area contributed by atoms with Gasteiger partial charge in [0.05, 0.1) is 28.9 Å². The van der Waals surface area contributed by atoms with E-state index in [0.29, 0.717) is 23.0 Å². The number of halogens is 1. The highest BCUT2D eigenvalue weighted by atomic mass is 35.5. The van der Waals surface area contributed by atoms with Crippen LogP contribution in [0.5, 0.6) is 0 Å². The first kappa shape index (κ1) is 20.6. The van der Waals surface area contributed by atoms with Gasteiger partial charge in [-0.25, -0.2) is 4.79 Å². The number of piperazine rings is 1. The Balaban J connectivity index is 1.51. The van der Waals surface area contributed by atoms with E-state index in [4.69, 9.17) is 16.3 Å². The zero-order valence-corrected chi connectivity index (χ0v) is 17.6. The van der Waals surface area contributed by atoms with E-state index in [0.717, 1.165) is 42.5 Å². The van der Waals surface area contributed by atoms with Crippen molar-refractivity contribution < 1.29 is 14.3 Å². The van der Waals surface area contributed by atoms with Crippen molar-refractivity contribution in [2.75, 3.05) is 49.5 Å². The van der Waals surface area contributed by atoms with Crippen molar-refractivity contribution in [2.45, 2.75) is 13.8 Å². The molecule has 1 N–H and O–H groups in total. The maximum atomic E-state index is 12.4. The number of carbonyl (C=O) groups excluding carboxylic acids is 2. The second kappa shape index (κ2) is 9.41. The number of hydrogen-bond acceptors (Lipinski definition) is 6. The molecule has 0 spiro atoms. The van der Waals surface area contributed by atoms with Crippen molar-refractivity contribution in [2.24, 2.45) is 0 Å². The molecule has 2 heterocycles. The number of esters is 1. The van der Waals surface area contributed by atoms with E-state index in [1.54, 1.807) is 6.92 Å². The zero-order chi connectivity index (χ0) is 20.1. The van der Waals surface area contributed by atoms with E-state index < -0.39 is 0 Å². The summed E-state index contributed by atoms with van der Waals surface area (Å²) in [5.74, 6) is -0.427. The molecule has 1 saturated heterocycles. The Morgan fingerprint density at radius 2 is 1.93 bits per heavy atom. The van der Waals surface area contributed by atoms with Gasteiger partial charge in [0.2, 0.25) is 5.91 Å². The molecule has 150 valence electrons. The molecule has 0 aliphatic carbocycles. The summed E-state index contributed by atoms with van der Waals surface area (Å²) in [4.78, 5) is 29.2. The van der Waals surface area contributed by atoms with Gasteiger partial charge >= 0.3 is 5.97 Å². The summed E-state index contributed by atoms with van der Waals surface area (Å²) in [5.41, 5.74) is 1.85. The number of hydrogen-bond donors (Lipinski definition) is 1. The summed E-state index contributed by atoms with van der Waals surface area (Å²) in [6.45, 7) is 7.48. The quantitative estimate of drug-likeness (QED) is 0.721. The van der Waals surface area contributed by atoms with Crippen LogP contribution in [0.3, 0.4) is 0 Å². The van der Waals surface area contributed by atoms with Crippen LogP contribution >= 0.6 is 22.9 Å². The maximum absolute atomic E-state index is 12.4. The van der Waals surface area contributed by atoms with E-state index in [1.165, 1.54) is 11.3 Å². The van der Waals surface area contributed by atoms with Crippen LogP contribution in [-0.2, 0) is 9.53 Å².